The molecule has 0 saturated carbocycles. The minimum absolute atomic E-state index is 0.806. The van der Waals surface area contributed by atoms with E-state index in [1.165, 1.54) is 27.1 Å². The zero-order chi connectivity index (χ0) is 39.3. The van der Waals surface area contributed by atoms with Gasteiger partial charge in [0, 0.05) is 32.9 Å². The topological polar surface area (TPSA) is 42.7 Å². The first-order valence-electron chi connectivity index (χ1n) is 20.3. The molecule has 0 fully saturated rings. The van der Waals surface area contributed by atoms with Gasteiger partial charge in [0.1, 0.15) is 33.5 Å². The second-order valence-corrected chi connectivity index (χ2v) is 15.6. The Morgan fingerprint density at radius 1 is 0.300 bits per heavy atom. The summed E-state index contributed by atoms with van der Waals surface area (Å²) in [4.78, 5) is 2.36. The van der Waals surface area contributed by atoms with E-state index in [2.05, 4.69) is 175 Å². The Labute approximate surface area is 343 Å². The van der Waals surface area contributed by atoms with Crippen molar-refractivity contribution in [3.63, 3.8) is 0 Å². The van der Waals surface area contributed by atoms with Gasteiger partial charge in [-0.3, -0.25) is 0 Å². The van der Waals surface area contributed by atoms with Crippen LogP contribution in [0.5, 0.6) is 0 Å². The fourth-order valence-electron chi connectivity index (χ4n) is 9.49. The Kier molecular flexibility index (Phi) is 6.98. The van der Waals surface area contributed by atoms with Crippen molar-refractivity contribution >= 4 is 104 Å². The average Bonchev–Trinajstić information content (AvgIpc) is 4.01. The van der Waals surface area contributed by atoms with E-state index < -0.39 is 0 Å². The van der Waals surface area contributed by atoms with Crippen LogP contribution < -0.4 is 4.90 Å². The van der Waals surface area contributed by atoms with Crippen LogP contribution in [0.2, 0.25) is 0 Å². The van der Waals surface area contributed by atoms with Crippen LogP contribution in [0.1, 0.15) is 0 Å². The molecule has 0 aliphatic heterocycles. The Hall–Kier alpha value is -8.08. The number of nitrogens with zero attached hydrogens (tertiary/aromatic N) is 1. The molecule has 3 heterocycles. The van der Waals surface area contributed by atoms with E-state index in [0.717, 1.165) is 99.6 Å². The molecule has 13 aromatic rings. The maximum Gasteiger partial charge on any atom is 0.147 e. The minimum Gasteiger partial charge on any atom is -0.456 e. The summed E-state index contributed by atoms with van der Waals surface area (Å²) in [5.74, 6) is 0. The van der Waals surface area contributed by atoms with Gasteiger partial charge in [-0.05, 0) is 117 Å². The molecule has 0 atom stereocenters. The van der Waals surface area contributed by atoms with Crippen molar-refractivity contribution in [2.24, 2.45) is 0 Å². The van der Waals surface area contributed by atoms with Gasteiger partial charge in [0.2, 0.25) is 0 Å². The summed E-state index contributed by atoms with van der Waals surface area (Å²) in [6, 6.07) is 70.9. The van der Waals surface area contributed by atoms with Crippen molar-refractivity contribution in [3.8, 4) is 22.3 Å². The average molecular weight is 768 g/mol. The standard InChI is InChI=1S/C56H33NO3/c1-2-13-41-35(10-1)22-23-36-24-25-37(33-46(36)41)34-26-28-39(29-27-34)57(47-17-9-21-50-53(47)45-15-4-6-19-49(45)58-50)40-12-7-11-38(32-40)42-16-8-20-51-54(42)55-52(59-51)31-30-44-43-14-3-5-18-48(43)60-56(44)55/h1-33H. The van der Waals surface area contributed by atoms with E-state index in [4.69, 9.17) is 13.3 Å². The molecule has 60 heavy (non-hydrogen) atoms. The van der Waals surface area contributed by atoms with E-state index >= 15 is 0 Å². The summed E-state index contributed by atoms with van der Waals surface area (Å²) in [6.45, 7) is 0. The highest BCUT2D eigenvalue weighted by Gasteiger charge is 2.22. The first kappa shape index (κ1) is 32.9. The van der Waals surface area contributed by atoms with E-state index in [9.17, 15) is 0 Å². The number of hydrogen-bond donors (Lipinski definition) is 0. The third kappa shape index (κ3) is 4.91. The molecule has 0 bridgehead atoms. The van der Waals surface area contributed by atoms with Crippen molar-refractivity contribution < 1.29 is 13.3 Å². The van der Waals surface area contributed by atoms with Gasteiger partial charge in [-0.15, -0.1) is 0 Å². The van der Waals surface area contributed by atoms with Crippen LogP contribution in [0.25, 0.3) is 110 Å². The molecule has 0 saturated heterocycles. The van der Waals surface area contributed by atoms with E-state index in [-0.39, 0.29) is 0 Å². The van der Waals surface area contributed by atoms with Crippen molar-refractivity contribution in [1.82, 2.24) is 0 Å². The summed E-state index contributed by atoms with van der Waals surface area (Å²) < 4.78 is 19.5. The number of furan rings is 3. The molecule has 0 radical (unpaired) electrons. The third-order valence-electron chi connectivity index (χ3n) is 12.2. The summed E-state index contributed by atoms with van der Waals surface area (Å²) in [5.41, 5.74) is 12.6. The molecule has 280 valence electrons. The molecule has 13 rings (SSSR count). The smallest absolute Gasteiger partial charge is 0.147 e. The first-order valence-corrected chi connectivity index (χ1v) is 20.3. The van der Waals surface area contributed by atoms with Crippen LogP contribution in [0.15, 0.2) is 213 Å². The number of fused-ring (bicyclic) bond motifs is 13. The van der Waals surface area contributed by atoms with Crippen LogP contribution in [0.3, 0.4) is 0 Å². The molecular weight excluding hydrogens is 735 g/mol. The fourth-order valence-corrected chi connectivity index (χ4v) is 9.49. The Morgan fingerprint density at radius 2 is 0.933 bits per heavy atom. The summed E-state index contributed by atoms with van der Waals surface area (Å²) in [6.07, 6.45) is 0. The third-order valence-corrected chi connectivity index (χ3v) is 12.2. The summed E-state index contributed by atoms with van der Waals surface area (Å²) in [7, 11) is 0. The van der Waals surface area contributed by atoms with Crippen LogP contribution in [-0.2, 0) is 0 Å². The van der Waals surface area contributed by atoms with Crippen LogP contribution >= 0.6 is 0 Å². The largest absolute Gasteiger partial charge is 0.456 e. The number of para-hydroxylation sites is 2. The first-order chi connectivity index (χ1) is 29.7. The lowest BCUT2D eigenvalue weighted by atomic mass is 9.96. The van der Waals surface area contributed by atoms with Gasteiger partial charge < -0.3 is 18.2 Å². The van der Waals surface area contributed by atoms with Crippen molar-refractivity contribution in [3.05, 3.63) is 200 Å². The molecule has 0 spiro atoms. The van der Waals surface area contributed by atoms with Gasteiger partial charge in [0.25, 0.3) is 0 Å². The number of benzene rings is 10. The predicted molar refractivity (Wildman–Crippen MR) is 249 cm³/mol. The lowest BCUT2D eigenvalue weighted by Crippen LogP contribution is -2.10. The molecule has 0 N–H and O–H groups in total. The summed E-state index contributed by atoms with van der Waals surface area (Å²) in [5, 5.41) is 11.4. The predicted octanol–water partition coefficient (Wildman–Crippen LogP) is 16.5. The zero-order valence-corrected chi connectivity index (χ0v) is 32.2. The van der Waals surface area contributed by atoms with E-state index in [0.29, 0.717) is 0 Å². The van der Waals surface area contributed by atoms with Crippen molar-refractivity contribution in [2.45, 2.75) is 0 Å². The van der Waals surface area contributed by atoms with Crippen LogP contribution in [0, 0.1) is 0 Å². The fraction of sp³-hybridized carbons (Fsp3) is 0. The highest BCUT2D eigenvalue weighted by Crippen LogP contribution is 2.46. The van der Waals surface area contributed by atoms with Crippen LogP contribution in [-0.4, -0.2) is 0 Å². The normalized spacial score (nSPS) is 12.0. The maximum atomic E-state index is 6.57. The zero-order valence-electron chi connectivity index (χ0n) is 32.2. The summed E-state index contributed by atoms with van der Waals surface area (Å²) >= 11 is 0. The van der Waals surface area contributed by atoms with E-state index in [1.54, 1.807) is 0 Å². The maximum absolute atomic E-state index is 6.57. The molecule has 3 aromatic heterocycles. The van der Waals surface area contributed by atoms with Gasteiger partial charge in [0.15, 0.2) is 0 Å². The highest BCUT2D eigenvalue weighted by molar-refractivity contribution is 6.25. The lowest BCUT2D eigenvalue weighted by Gasteiger charge is -2.27. The molecule has 10 aromatic carbocycles. The Bertz CT molecular complexity index is 3850. The quantitative estimate of drug-likeness (QED) is 0.164. The van der Waals surface area contributed by atoms with Gasteiger partial charge in [0.05, 0.1) is 16.5 Å². The lowest BCUT2D eigenvalue weighted by molar-refractivity contribution is 0.663. The van der Waals surface area contributed by atoms with Gasteiger partial charge in [-0.25, -0.2) is 0 Å². The molecule has 0 amide bonds. The van der Waals surface area contributed by atoms with Crippen molar-refractivity contribution in [2.75, 3.05) is 4.90 Å². The molecule has 0 aliphatic carbocycles. The van der Waals surface area contributed by atoms with Crippen LogP contribution in [0.4, 0.5) is 17.1 Å². The Morgan fingerprint density at radius 3 is 1.80 bits per heavy atom. The molecule has 0 aliphatic rings. The van der Waals surface area contributed by atoms with E-state index in [1.807, 2.05) is 30.3 Å². The van der Waals surface area contributed by atoms with Gasteiger partial charge in [-0.1, -0.05) is 127 Å². The SMILES string of the molecule is c1cc(-c2cccc3oc4ccc5c6ccccc6oc5c4c23)cc(N(c2ccc(-c3ccc4ccc5ccccc5c4c3)cc2)c2cccc3oc4ccccc4c23)c1. The molecule has 0 unspecified atom stereocenters. The van der Waals surface area contributed by atoms with Crippen molar-refractivity contribution in [1.29, 1.82) is 0 Å². The number of rotatable bonds is 5. The van der Waals surface area contributed by atoms with Gasteiger partial charge in [-0.2, -0.15) is 0 Å². The molecule has 4 nitrogen and oxygen atoms in total. The monoisotopic (exact) mass is 767 g/mol. The molecule has 4 heteroatoms. The second kappa shape index (κ2) is 12.7. The number of hydrogen-bond acceptors (Lipinski definition) is 4. The number of anilines is 3. The minimum atomic E-state index is 0.806. The highest BCUT2D eigenvalue weighted by atomic mass is 16.3. The Balaban J connectivity index is 1.00. The van der Waals surface area contributed by atoms with Gasteiger partial charge >= 0.3 is 0 Å². The second-order valence-electron chi connectivity index (χ2n) is 15.6. The molecular formula is C56H33NO3.